The third-order valence-electron chi connectivity index (χ3n) is 2.62. The van der Waals surface area contributed by atoms with E-state index in [0.29, 0.717) is 5.56 Å². The Kier molecular flexibility index (Phi) is 2.30. The van der Waals surface area contributed by atoms with Crippen LogP contribution in [0.4, 0.5) is 0 Å². The number of H-pyrrole nitrogens is 1. The zero-order valence-electron chi connectivity index (χ0n) is 9.23. The molecule has 0 fully saturated rings. The smallest absolute Gasteiger partial charge is 0.255 e. The zero-order chi connectivity index (χ0) is 11.8. The summed E-state index contributed by atoms with van der Waals surface area (Å²) in [6.07, 6.45) is 1.64. The third kappa shape index (κ3) is 1.76. The number of benzene rings is 1. The predicted octanol–water partition coefficient (Wildman–Crippen LogP) is 2.96. The van der Waals surface area contributed by atoms with Crippen molar-refractivity contribution >= 4 is 21.6 Å². The van der Waals surface area contributed by atoms with Gasteiger partial charge in [-0.15, -0.1) is 11.3 Å². The second kappa shape index (κ2) is 3.82. The van der Waals surface area contributed by atoms with Crippen molar-refractivity contribution in [2.45, 2.75) is 6.92 Å². The van der Waals surface area contributed by atoms with Crippen molar-refractivity contribution in [3.05, 3.63) is 51.9 Å². The Morgan fingerprint density at radius 3 is 3.00 bits per heavy atom. The standard InChI is InChI=1S/C13H10N2OS/c1-8-15-11-7-9(4-5-12(11)17-8)10-3-2-6-14-13(10)16/h2-7H,1H3,(H,14,16). The van der Waals surface area contributed by atoms with Gasteiger partial charge in [0.15, 0.2) is 0 Å². The van der Waals surface area contributed by atoms with Gasteiger partial charge in [0, 0.05) is 11.8 Å². The number of fused-ring (bicyclic) bond motifs is 1. The van der Waals surface area contributed by atoms with E-state index in [4.69, 9.17) is 0 Å². The van der Waals surface area contributed by atoms with E-state index < -0.39 is 0 Å². The molecule has 84 valence electrons. The summed E-state index contributed by atoms with van der Waals surface area (Å²) < 4.78 is 1.15. The van der Waals surface area contributed by atoms with E-state index in [1.54, 1.807) is 17.5 Å². The summed E-state index contributed by atoms with van der Waals surface area (Å²) in [5.41, 5.74) is 2.47. The van der Waals surface area contributed by atoms with E-state index in [-0.39, 0.29) is 5.56 Å². The number of nitrogens with zero attached hydrogens (tertiary/aromatic N) is 1. The molecule has 0 unspecified atom stereocenters. The minimum absolute atomic E-state index is 0.0706. The summed E-state index contributed by atoms with van der Waals surface area (Å²) >= 11 is 1.66. The molecule has 0 atom stereocenters. The maximum atomic E-state index is 11.7. The lowest BCUT2D eigenvalue weighted by Crippen LogP contribution is -2.06. The quantitative estimate of drug-likeness (QED) is 0.713. The molecule has 0 amide bonds. The van der Waals surface area contributed by atoms with Crippen LogP contribution in [-0.2, 0) is 0 Å². The predicted molar refractivity (Wildman–Crippen MR) is 70.4 cm³/mol. The van der Waals surface area contributed by atoms with Crippen molar-refractivity contribution in [3.8, 4) is 11.1 Å². The first-order chi connectivity index (χ1) is 8.24. The molecule has 0 spiro atoms. The Balaban J connectivity index is 2.25. The van der Waals surface area contributed by atoms with E-state index in [1.807, 2.05) is 37.3 Å². The second-order valence-electron chi connectivity index (χ2n) is 3.83. The number of aromatic nitrogens is 2. The van der Waals surface area contributed by atoms with Gasteiger partial charge < -0.3 is 4.98 Å². The van der Waals surface area contributed by atoms with E-state index in [9.17, 15) is 4.79 Å². The fourth-order valence-electron chi connectivity index (χ4n) is 1.86. The van der Waals surface area contributed by atoms with Gasteiger partial charge in [0.25, 0.3) is 5.56 Å². The van der Waals surface area contributed by atoms with Crippen LogP contribution in [-0.4, -0.2) is 9.97 Å². The number of thiazole rings is 1. The van der Waals surface area contributed by atoms with Gasteiger partial charge in [-0.1, -0.05) is 6.07 Å². The first kappa shape index (κ1) is 10.2. The van der Waals surface area contributed by atoms with Crippen LogP contribution in [0.1, 0.15) is 5.01 Å². The van der Waals surface area contributed by atoms with Crippen LogP contribution in [0.3, 0.4) is 0 Å². The van der Waals surface area contributed by atoms with Crippen LogP contribution in [0, 0.1) is 6.92 Å². The Labute approximate surface area is 102 Å². The van der Waals surface area contributed by atoms with Gasteiger partial charge in [-0.2, -0.15) is 0 Å². The maximum Gasteiger partial charge on any atom is 0.255 e. The van der Waals surface area contributed by atoms with E-state index in [2.05, 4.69) is 9.97 Å². The number of aromatic amines is 1. The van der Waals surface area contributed by atoms with Crippen LogP contribution in [0.5, 0.6) is 0 Å². The average Bonchev–Trinajstić information content (AvgIpc) is 2.68. The van der Waals surface area contributed by atoms with Gasteiger partial charge in [0.2, 0.25) is 0 Å². The molecule has 2 heterocycles. The van der Waals surface area contributed by atoms with Crippen molar-refractivity contribution in [3.63, 3.8) is 0 Å². The largest absolute Gasteiger partial charge is 0.329 e. The number of pyridine rings is 1. The number of aryl methyl sites for hydroxylation is 1. The van der Waals surface area contributed by atoms with Crippen molar-refractivity contribution in [1.29, 1.82) is 0 Å². The lowest BCUT2D eigenvalue weighted by molar-refractivity contribution is 1.24. The van der Waals surface area contributed by atoms with E-state index in [0.717, 1.165) is 20.8 Å². The fraction of sp³-hybridized carbons (Fsp3) is 0.0769. The lowest BCUT2D eigenvalue weighted by atomic mass is 10.1. The molecule has 1 aromatic carbocycles. The molecular weight excluding hydrogens is 232 g/mol. The third-order valence-corrected chi connectivity index (χ3v) is 3.58. The Hall–Kier alpha value is -1.94. The molecular formula is C13H10N2OS. The summed E-state index contributed by atoms with van der Waals surface area (Å²) in [5.74, 6) is 0. The average molecular weight is 242 g/mol. The Morgan fingerprint density at radius 1 is 1.29 bits per heavy atom. The molecule has 0 radical (unpaired) electrons. The first-order valence-corrected chi connectivity index (χ1v) is 6.11. The van der Waals surface area contributed by atoms with Crippen LogP contribution in [0.25, 0.3) is 21.3 Å². The molecule has 0 aliphatic rings. The minimum atomic E-state index is -0.0706. The molecule has 3 nitrogen and oxygen atoms in total. The normalized spacial score (nSPS) is 10.9. The highest BCUT2D eigenvalue weighted by atomic mass is 32.1. The van der Waals surface area contributed by atoms with Crippen molar-refractivity contribution < 1.29 is 0 Å². The van der Waals surface area contributed by atoms with Crippen molar-refractivity contribution in [1.82, 2.24) is 9.97 Å². The van der Waals surface area contributed by atoms with Crippen LogP contribution in [0.2, 0.25) is 0 Å². The number of nitrogens with one attached hydrogen (secondary N) is 1. The fourth-order valence-corrected chi connectivity index (χ4v) is 2.67. The Bertz CT molecular complexity index is 742. The highest BCUT2D eigenvalue weighted by Crippen LogP contribution is 2.25. The SMILES string of the molecule is Cc1nc2cc(-c3ccc[nH]c3=O)ccc2s1. The Morgan fingerprint density at radius 2 is 2.18 bits per heavy atom. The van der Waals surface area contributed by atoms with Gasteiger partial charge in [0.1, 0.15) is 0 Å². The molecule has 0 saturated carbocycles. The molecule has 3 rings (SSSR count). The van der Waals surface area contributed by atoms with Gasteiger partial charge in [0.05, 0.1) is 15.2 Å². The van der Waals surface area contributed by atoms with Gasteiger partial charge in [-0.25, -0.2) is 4.98 Å². The van der Waals surface area contributed by atoms with E-state index >= 15 is 0 Å². The molecule has 0 aliphatic carbocycles. The number of hydrogen-bond acceptors (Lipinski definition) is 3. The highest BCUT2D eigenvalue weighted by molar-refractivity contribution is 7.18. The number of rotatable bonds is 1. The molecule has 4 heteroatoms. The zero-order valence-corrected chi connectivity index (χ0v) is 10.0. The second-order valence-corrected chi connectivity index (χ2v) is 5.06. The minimum Gasteiger partial charge on any atom is -0.329 e. The lowest BCUT2D eigenvalue weighted by Gasteiger charge is -1.99. The first-order valence-electron chi connectivity index (χ1n) is 5.29. The van der Waals surface area contributed by atoms with Crippen molar-refractivity contribution in [2.75, 3.05) is 0 Å². The van der Waals surface area contributed by atoms with Crippen LogP contribution >= 0.6 is 11.3 Å². The molecule has 3 aromatic rings. The topological polar surface area (TPSA) is 45.8 Å². The van der Waals surface area contributed by atoms with Crippen LogP contribution < -0.4 is 5.56 Å². The van der Waals surface area contributed by atoms with E-state index in [1.165, 1.54) is 0 Å². The summed E-state index contributed by atoms with van der Waals surface area (Å²) in [4.78, 5) is 18.8. The maximum absolute atomic E-state index is 11.7. The molecule has 0 aliphatic heterocycles. The van der Waals surface area contributed by atoms with Crippen LogP contribution in [0.15, 0.2) is 41.3 Å². The monoisotopic (exact) mass is 242 g/mol. The summed E-state index contributed by atoms with van der Waals surface area (Å²) in [6, 6.07) is 9.59. The molecule has 0 bridgehead atoms. The molecule has 2 aromatic heterocycles. The number of hydrogen-bond donors (Lipinski definition) is 1. The molecule has 0 saturated heterocycles. The van der Waals surface area contributed by atoms with Crippen molar-refractivity contribution in [2.24, 2.45) is 0 Å². The summed E-state index contributed by atoms with van der Waals surface area (Å²) in [7, 11) is 0. The van der Waals surface area contributed by atoms with Gasteiger partial charge in [-0.3, -0.25) is 4.79 Å². The molecule has 1 N–H and O–H groups in total. The van der Waals surface area contributed by atoms with Gasteiger partial charge >= 0.3 is 0 Å². The molecule has 17 heavy (non-hydrogen) atoms. The summed E-state index contributed by atoms with van der Waals surface area (Å²) in [5, 5.41) is 1.04. The van der Waals surface area contributed by atoms with Gasteiger partial charge in [-0.05, 0) is 36.8 Å². The highest BCUT2D eigenvalue weighted by Gasteiger charge is 2.05. The summed E-state index contributed by atoms with van der Waals surface area (Å²) in [6.45, 7) is 1.99.